The summed E-state index contributed by atoms with van der Waals surface area (Å²) in [5.41, 5.74) is -1.08. The fourth-order valence-electron chi connectivity index (χ4n) is 3.59. The molecule has 2 aliphatic heterocycles. The van der Waals surface area contributed by atoms with Crippen molar-refractivity contribution in [1.82, 2.24) is 14.5 Å². The first kappa shape index (κ1) is 24.5. The largest absolute Gasteiger partial charge is 0.485 e. The lowest BCUT2D eigenvalue weighted by Gasteiger charge is -2.27. The van der Waals surface area contributed by atoms with Gasteiger partial charge in [0.25, 0.3) is 11.8 Å². The number of hydrogen-bond acceptors (Lipinski definition) is 9. The van der Waals surface area contributed by atoms with E-state index in [2.05, 4.69) is 10.3 Å². The minimum absolute atomic E-state index is 0.00953. The van der Waals surface area contributed by atoms with Gasteiger partial charge in [-0.25, -0.2) is 4.79 Å². The number of benzene rings is 1. The Morgan fingerprint density at radius 1 is 1.29 bits per heavy atom. The van der Waals surface area contributed by atoms with Crippen molar-refractivity contribution in [3.8, 4) is 11.5 Å². The molecule has 1 fully saturated rings. The molecule has 0 aliphatic carbocycles. The number of fused-ring (bicyclic) bond motifs is 1. The average Bonchev–Trinajstić information content (AvgIpc) is 3.06. The van der Waals surface area contributed by atoms with E-state index in [4.69, 9.17) is 19.3 Å². The maximum absolute atomic E-state index is 14.3. The molecule has 2 aliphatic rings. The lowest BCUT2D eigenvalue weighted by molar-refractivity contribution is -0.141. The molecular formula is C21H22F2N4O8. The highest BCUT2D eigenvalue weighted by molar-refractivity contribution is 6.04. The van der Waals surface area contributed by atoms with Gasteiger partial charge in [-0.1, -0.05) is 0 Å². The molecule has 1 aromatic carbocycles. The number of alkyl halides is 2. The number of aliphatic hydroxyl groups is 2. The van der Waals surface area contributed by atoms with Crippen molar-refractivity contribution in [3.05, 3.63) is 46.5 Å². The number of aliphatic hydroxyl groups excluding tert-OH is 2. The summed E-state index contributed by atoms with van der Waals surface area (Å²) in [7, 11) is 3.14. The number of carbonyl (C=O) groups is 2. The second-order valence-electron chi connectivity index (χ2n) is 8.10. The van der Waals surface area contributed by atoms with E-state index in [9.17, 15) is 28.3 Å². The van der Waals surface area contributed by atoms with Crippen LogP contribution in [0.5, 0.6) is 11.5 Å². The van der Waals surface area contributed by atoms with E-state index in [0.717, 1.165) is 12.3 Å². The smallest absolute Gasteiger partial charge is 0.351 e. The van der Waals surface area contributed by atoms with E-state index < -0.39 is 48.7 Å². The molecule has 12 nitrogen and oxygen atoms in total. The van der Waals surface area contributed by atoms with Gasteiger partial charge >= 0.3 is 11.6 Å². The Hall–Kier alpha value is -3.62. The highest BCUT2D eigenvalue weighted by atomic mass is 19.3. The van der Waals surface area contributed by atoms with Crippen LogP contribution in [-0.4, -0.2) is 88.0 Å². The number of carbonyl (C=O) groups excluding carboxylic acids is 2. The minimum Gasteiger partial charge on any atom is -0.485 e. The third kappa shape index (κ3) is 4.54. The van der Waals surface area contributed by atoms with Gasteiger partial charge in [-0.3, -0.25) is 14.2 Å². The molecule has 0 bridgehead atoms. The summed E-state index contributed by atoms with van der Waals surface area (Å²) in [5, 5.41) is 21.1. The van der Waals surface area contributed by atoms with Crippen LogP contribution in [-0.2, 0) is 9.53 Å². The molecule has 4 rings (SSSR count). The van der Waals surface area contributed by atoms with E-state index in [1.54, 1.807) is 14.1 Å². The first-order chi connectivity index (χ1) is 16.5. The summed E-state index contributed by atoms with van der Waals surface area (Å²) >= 11 is 0. The molecule has 0 radical (unpaired) electrons. The zero-order valence-corrected chi connectivity index (χ0v) is 18.6. The lowest BCUT2D eigenvalue weighted by Crippen LogP contribution is -2.43. The van der Waals surface area contributed by atoms with Crippen molar-refractivity contribution >= 4 is 17.6 Å². The number of aromatic nitrogens is 2. The normalized spacial score (nSPS) is 24.6. The molecular weight excluding hydrogens is 474 g/mol. The number of halogens is 2. The van der Waals surface area contributed by atoms with E-state index >= 15 is 0 Å². The molecule has 35 heavy (non-hydrogen) atoms. The third-order valence-corrected chi connectivity index (χ3v) is 5.47. The van der Waals surface area contributed by atoms with Crippen molar-refractivity contribution < 1.29 is 42.8 Å². The number of amides is 2. The zero-order chi connectivity index (χ0) is 25.5. The third-order valence-electron chi connectivity index (χ3n) is 5.47. The van der Waals surface area contributed by atoms with Crippen LogP contribution in [0.25, 0.3) is 0 Å². The van der Waals surface area contributed by atoms with Gasteiger partial charge in [-0.15, -0.1) is 0 Å². The van der Waals surface area contributed by atoms with Crippen LogP contribution in [0.15, 0.2) is 35.3 Å². The topological polar surface area (TPSA) is 152 Å². The van der Waals surface area contributed by atoms with Crippen molar-refractivity contribution in [3.63, 3.8) is 0 Å². The number of hydrogen-bond donors (Lipinski definition) is 3. The fraction of sp³-hybridized carbons (Fsp3) is 0.429. The molecule has 2 aromatic rings. The fourth-order valence-corrected chi connectivity index (χ4v) is 3.59. The summed E-state index contributed by atoms with van der Waals surface area (Å²) in [5.74, 6) is -4.59. The molecule has 1 saturated heterocycles. The second-order valence-corrected chi connectivity index (χ2v) is 8.10. The molecule has 3 heterocycles. The Balaban J connectivity index is 1.50. The van der Waals surface area contributed by atoms with Crippen LogP contribution in [0.4, 0.5) is 14.6 Å². The van der Waals surface area contributed by atoms with Crippen LogP contribution in [0.2, 0.25) is 0 Å². The predicted octanol–water partition coefficient (Wildman–Crippen LogP) is -0.391. The summed E-state index contributed by atoms with van der Waals surface area (Å²) in [4.78, 5) is 42.1. The van der Waals surface area contributed by atoms with Crippen LogP contribution in [0, 0.1) is 0 Å². The van der Waals surface area contributed by atoms with E-state index in [-0.39, 0.29) is 29.6 Å². The standard InChI is InChI=1S/C21H22F2N4O8/c1-26(2)18(31)14-9-33-11-4-3-10(7-12(11)34-14)17(30)24-15-5-6-27(20(32)25-15)19-21(22,23)16(29)13(8-28)35-19/h3-7,13-14,16,19,28-29H,8-9H2,1-2H3,(H,24,25,30,32)/t13-,14?,16-,19?/m1/s1. The number of rotatable bonds is 5. The highest BCUT2D eigenvalue weighted by Crippen LogP contribution is 2.42. The van der Waals surface area contributed by atoms with Crippen molar-refractivity contribution in [1.29, 1.82) is 0 Å². The van der Waals surface area contributed by atoms with Gasteiger partial charge < -0.3 is 34.6 Å². The molecule has 2 amide bonds. The van der Waals surface area contributed by atoms with Crippen molar-refractivity contribution in [2.45, 2.75) is 30.5 Å². The van der Waals surface area contributed by atoms with Gasteiger partial charge in [0.1, 0.15) is 18.5 Å². The Labute approximate surface area is 196 Å². The van der Waals surface area contributed by atoms with Crippen LogP contribution < -0.4 is 20.5 Å². The number of likely N-dealkylation sites (N-methyl/N-ethyl adjacent to an activating group) is 1. The Bertz CT molecular complexity index is 1200. The van der Waals surface area contributed by atoms with Gasteiger partial charge in [0.05, 0.1) is 6.61 Å². The molecule has 4 atom stereocenters. The summed E-state index contributed by atoms with van der Waals surface area (Å²) in [6.45, 7) is -0.862. The Morgan fingerprint density at radius 3 is 2.66 bits per heavy atom. The van der Waals surface area contributed by atoms with E-state index in [0.29, 0.717) is 10.3 Å². The predicted molar refractivity (Wildman–Crippen MR) is 113 cm³/mol. The quantitative estimate of drug-likeness (QED) is 0.502. The van der Waals surface area contributed by atoms with Crippen LogP contribution in [0.1, 0.15) is 16.6 Å². The van der Waals surface area contributed by atoms with Gasteiger partial charge in [-0.2, -0.15) is 13.8 Å². The van der Waals surface area contributed by atoms with Gasteiger partial charge in [0, 0.05) is 25.9 Å². The molecule has 2 unspecified atom stereocenters. The molecule has 0 spiro atoms. The molecule has 14 heteroatoms. The minimum atomic E-state index is -3.86. The maximum atomic E-state index is 14.3. The SMILES string of the molecule is CN(C)C(=O)C1COc2ccc(C(=O)Nc3ccn(C4O[C@H](CO)[C@@H](O)C4(F)F)c(=O)n3)cc2O1. The van der Waals surface area contributed by atoms with Crippen molar-refractivity contribution in [2.24, 2.45) is 0 Å². The number of nitrogens with one attached hydrogen (secondary N) is 1. The lowest BCUT2D eigenvalue weighted by atomic mass is 10.1. The first-order valence-electron chi connectivity index (χ1n) is 10.4. The maximum Gasteiger partial charge on any atom is 0.351 e. The molecule has 3 N–H and O–H groups in total. The van der Waals surface area contributed by atoms with Crippen LogP contribution >= 0.6 is 0 Å². The second kappa shape index (κ2) is 9.20. The zero-order valence-electron chi connectivity index (χ0n) is 18.6. The summed E-state index contributed by atoms with van der Waals surface area (Å²) in [6.07, 6.45) is -6.03. The average molecular weight is 496 g/mol. The summed E-state index contributed by atoms with van der Waals surface area (Å²) < 4.78 is 45.2. The van der Waals surface area contributed by atoms with Gasteiger partial charge in [0.15, 0.2) is 17.6 Å². The molecule has 1 aromatic heterocycles. The summed E-state index contributed by atoms with van der Waals surface area (Å²) in [6, 6.07) is 5.36. The van der Waals surface area contributed by atoms with E-state index in [1.807, 2.05) is 0 Å². The van der Waals surface area contributed by atoms with E-state index in [1.165, 1.54) is 23.1 Å². The Morgan fingerprint density at radius 2 is 2.03 bits per heavy atom. The van der Waals surface area contributed by atoms with Gasteiger partial charge in [-0.05, 0) is 24.3 Å². The monoisotopic (exact) mass is 496 g/mol. The number of nitrogens with zero attached hydrogens (tertiary/aromatic N) is 3. The number of ether oxygens (including phenoxy) is 3. The molecule has 188 valence electrons. The Kier molecular flexibility index (Phi) is 6.44. The molecule has 0 saturated carbocycles. The first-order valence-corrected chi connectivity index (χ1v) is 10.4. The van der Waals surface area contributed by atoms with Crippen molar-refractivity contribution in [2.75, 3.05) is 32.6 Å². The van der Waals surface area contributed by atoms with Crippen LogP contribution in [0.3, 0.4) is 0 Å². The highest BCUT2D eigenvalue weighted by Gasteiger charge is 2.59. The number of anilines is 1. The van der Waals surface area contributed by atoms with Gasteiger partial charge in [0.2, 0.25) is 12.3 Å².